The summed E-state index contributed by atoms with van der Waals surface area (Å²) in [6.45, 7) is 4.98. The largest absolute Gasteiger partial charge is 0.336 e. The van der Waals surface area contributed by atoms with Crippen molar-refractivity contribution >= 4 is 15.9 Å². The summed E-state index contributed by atoms with van der Waals surface area (Å²) in [5.74, 6) is -0.281. The van der Waals surface area contributed by atoms with Crippen LogP contribution in [0.2, 0.25) is 0 Å². The van der Waals surface area contributed by atoms with E-state index in [1.807, 2.05) is 19.1 Å². The van der Waals surface area contributed by atoms with E-state index in [-0.39, 0.29) is 17.8 Å². The molecule has 2 saturated heterocycles. The molecule has 0 N–H and O–H groups in total. The highest BCUT2D eigenvalue weighted by Gasteiger charge is 2.38. The molecule has 0 radical (unpaired) electrons. The van der Waals surface area contributed by atoms with Gasteiger partial charge in [-0.1, -0.05) is 31.2 Å². The molecule has 0 bridgehead atoms. The van der Waals surface area contributed by atoms with Gasteiger partial charge in [0.25, 0.3) is 0 Å². The van der Waals surface area contributed by atoms with Crippen LogP contribution in [0.3, 0.4) is 0 Å². The number of fused-ring (bicyclic) bond motifs is 1. The second kappa shape index (κ2) is 9.06. The molecule has 4 rings (SSSR count). The highest BCUT2D eigenvalue weighted by Crippen LogP contribution is 2.24. The number of rotatable bonds is 5. The third kappa shape index (κ3) is 4.66. The van der Waals surface area contributed by atoms with Gasteiger partial charge in [0.05, 0.1) is 10.9 Å². The molecule has 6 nitrogen and oxygen atoms in total. The van der Waals surface area contributed by atoms with Crippen molar-refractivity contribution < 1.29 is 17.6 Å². The SMILES string of the molecule is CCc1ccc(S(=O)(=O)N2CCC3C(=O)N(Cc4ccc(F)cc4)CCN3CC2)cc1. The van der Waals surface area contributed by atoms with E-state index in [1.165, 1.54) is 16.4 Å². The fourth-order valence-corrected chi connectivity index (χ4v) is 5.77. The minimum Gasteiger partial charge on any atom is -0.336 e. The first-order valence-electron chi connectivity index (χ1n) is 10.7. The van der Waals surface area contributed by atoms with Gasteiger partial charge in [-0.3, -0.25) is 9.69 Å². The summed E-state index contributed by atoms with van der Waals surface area (Å²) in [6, 6.07) is 12.9. The Morgan fingerprint density at radius 2 is 1.55 bits per heavy atom. The van der Waals surface area contributed by atoms with Crippen molar-refractivity contribution in [2.45, 2.75) is 37.2 Å². The Morgan fingerprint density at radius 3 is 2.23 bits per heavy atom. The average molecular weight is 446 g/mol. The van der Waals surface area contributed by atoms with Crippen LogP contribution in [-0.4, -0.2) is 67.2 Å². The van der Waals surface area contributed by atoms with Crippen LogP contribution in [-0.2, 0) is 27.8 Å². The van der Waals surface area contributed by atoms with E-state index in [4.69, 9.17) is 0 Å². The summed E-state index contributed by atoms with van der Waals surface area (Å²) in [6.07, 6.45) is 1.32. The first-order valence-corrected chi connectivity index (χ1v) is 12.2. The molecule has 2 heterocycles. The van der Waals surface area contributed by atoms with Gasteiger partial charge >= 0.3 is 0 Å². The van der Waals surface area contributed by atoms with Crippen LogP contribution >= 0.6 is 0 Å². The minimum absolute atomic E-state index is 0.0159. The number of hydrogen-bond donors (Lipinski definition) is 0. The van der Waals surface area contributed by atoms with Crippen LogP contribution < -0.4 is 0 Å². The normalized spacial score (nSPS) is 21.0. The lowest BCUT2D eigenvalue weighted by molar-refractivity contribution is -0.142. The minimum atomic E-state index is -3.59. The fourth-order valence-electron chi connectivity index (χ4n) is 4.33. The van der Waals surface area contributed by atoms with Gasteiger partial charge in [0, 0.05) is 39.3 Å². The molecule has 2 fully saturated rings. The van der Waals surface area contributed by atoms with Crippen molar-refractivity contribution in [1.82, 2.24) is 14.1 Å². The molecule has 1 amide bonds. The Hall–Kier alpha value is -2.29. The van der Waals surface area contributed by atoms with Gasteiger partial charge in [0.2, 0.25) is 15.9 Å². The third-order valence-electron chi connectivity index (χ3n) is 6.24. The third-order valence-corrected chi connectivity index (χ3v) is 8.15. The molecule has 0 saturated carbocycles. The zero-order valence-electron chi connectivity index (χ0n) is 17.7. The van der Waals surface area contributed by atoms with Crippen molar-refractivity contribution in [2.24, 2.45) is 0 Å². The van der Waals surface area contributed by atoms with Crippen molar-refractivity contribution in [3.63, 3.8) is 0 Å². The summed E-state index contributed by atoms with van der Waals surface area (Å²) < 4.78 is 40.9. The number of aryl methyl sites for hydroxylation is 1. The Labute approximate surface area is 183 Å². The van der Waals surface area contributed by atoms with E-state index in [0.29, 0.717) is 50.6 Å². The van der Waals surface area contributed by atoms with Crippen LogP contribution in [0.15, 0.2) is 53.4 Å². The summed E-state index contributed by atoms with van der Waals surface area (Å²) in [5, 5.41) is 0. The molecule has 166 valence electrons. The van der Waals surface area contributed by atoms with E-state index in [9.17, 15) is 17.6 Å². The molecule has 2 aromatic carbocycles. The average Bonchev–Trinajstić information content (AvgIpc) is 3.01. The van der Waals surface area contributed by atoms with Gasteiger partial charge in [-0.2, -0.15) is 4.31 Å². The molecule has 0 aromatic heterocycles. The maximum Gasteiger partial charge on any atom is 0.243 e. The number of carbonyl (C=O) groups is 1. The number of piperazine rings is 1. The highest BCUT2D eigenvalue weighted by atomic mass is 32.2. The van der Waals surface area contributed by atoms with Crippen molar-refractivity contribution in [3.05, 3.63) is 65.5 Å². The lowest BCUT2D eigenvalue weighted by atomic mass is 10.1. The molecule has 2 aliphatic heterocycles. The monoisotopic (exact) mass is 445 g/mol. The van der Waals surface area contributed by atoms with Crippen LogP contribution in [0.25, 0.3) is 0 Å². The van der Waals surface area contributed by atoms with E-state index in [0.717, 1.165) is 17.5 Å². The zero-order valence-corrected chi connectivity index (χ0v) is 18.5. The van der Waals surface area contributed by atoms with Gasteiger partial charge in [-0.25, -0.2) is 12.8 Å². The molecule has 0 spiro atoms. The maximum absolute atomic E-state index is 13.2. The molecule has 2 aliphatic rings. The topological polar surface area (TPSA) is 60.9 Å². The molecular weight excluding hydrogens is 417 g/mol. The second-order valence-electron chi connectivity index (χ2n) is 8.13. The summed E-state index contributed by atoms with van der Waals surface area (Å²) >= 11 is 0. The first kappa shape index (κ1) is 21.9. The number of amides is 1. The second-order valence-corrected chi connectivity index (χ2v) is 10.1. The summed E-state index contributed by atoms with van der Waals surface area (Å²) in [5.41, 5.74) is 1.98. The van der Waals surface area contributed by atoms with Crippen molar-refractivity contribution in [3.8, 4) is 0 Å². The molecule has 0 aliphatic carbocycles. The molecule has 31 heavy (non-hydrogen) atoms. The van der Waals surface area contributed by atoms with Crippen LogP contribution in [0.5, 0.6) is 0 Å². The lowest BCUT2D eigenvalue weighted by Gasteiger charge is -2.39. The van der Waals surface area contributed by atoms with Gasteiger partial charge in [0.1, 0.15) is 5.82 Å². The Kier molecular flexibility index (Phi) is 6.41. The van der Waals surface area contributed by atoms with Gasteiger partial charge < -0.3 is 4.90 Å². The lowest BCUT2D eigenvalue weighted by Crippen LogP contribution is -2.56. The van der Waals surface area contributed by atoms with E-state index in [1.54, 1.807) is 29.2 Å². The molecule has 1 unspecified atom stereocenters. The predicted molar refractivity (Wildman–Crippen MR) is 116 cm³/mol. The van der Waals surface area contributed by atoms with Crippen LogP contribution in [0.4, 0.5) is 4.39 Å². The summed E-state index contributed by atoms with van der Waals surface area (Å²) in [4.78, 5) is 17.3. The Bertz CT molecular complexity index is 1030. The number of carbonyl (C=O) groups excluding carboxylic acids is 1. The molecule has 1 atom stereocenters. The highest BCUT2D eigenvalue weighted by molar-refractivity contribution is 7.89. The maximum atomic E-state index is 13.2. The first-order chi connectivity index (χ1) is 14.9. The van der Waals surface area contributed by atoms with E-state index in [2.05, 4.69) is 4.90 Å². The van der Waals surface area contributed by atoms with Crippen molar-refractivity contribution in [1.29, 1.82) is 0 Å². The smallest absolute Gasteiger partial charge is 0.243 e. The summed E-state index contributed by atoms with van der Waals surface area (Å²) in [7, 11) is -3.59. The number of benzene rings is 2. The van der Waals surface area contributed by atoms with E-state index < -0.39 is 10.0 Å². The molecular formula is C23H28FN3O3S. The number of hydrogen-bond acceptors (Lipinski definition) is 4. The predicted octanol–water partition coefficient (Wildman–Crippen LogP) is 2.50. The van der Waals surface area contributed by atoms with Crippen LogP contribution in [0, 0.1) is 5.82 Å². The Balaban J connectivity index is 1.45. The zero-order chi connectivity index (χ0) is 22.0. The standard InChI is InChI=1S/C23H28FN3O3S/c1-2-18-5-9-21(10-6-18)31(29,30)27-12-11-22-23(28)26(14-13-25(22)15-16-27)17-19-3-7-20(24)8-4-19/h3-10,22H,2,11-17H2,1H3. The van der Waals surface area contributed by atoms with Crippen molar-refractivity contribution in [2.75, 3.05) is 32.7 Å². The Morgan fingerprint density at radius 1 is 0.903 bits per heavy atom. The quantitative estimate of drug-likeness (QED) is 0.710. The van der Waals surface area contributed by atoms with Gasteiger partial charge in [-0.15, -0.1) is 0 Å². The molecule has 8 heteroatoms. The molecule has 2 aromatic rings. The number of halogens is 1. The van der Waals surface area contributed by atoms with Gasteiger partial charge in [-0.05, 0) is 48.2 Å². The van der Waals surface area contributed by atoms with E-state index >= 15 is 0 Å². The number of sulfonamides is 1. The van der Waals surface area contributed by atoms with Gasteiger partial charge in [0.15, 0.2) is 0 Å². The fraction of sp³-hybridized carbons (Fsp3) is 0.435. The number of nitrogens with zero attached hydrogens (tertiary/aromatic N) is 3. The van der Waals surface area contributed by atoms with Crippen LogP contribution in [0.1, 0.15) is 24.5 Å².